The van der Waals surface area contributed by atoms with Crippen LogP contribution >= 0.6 is 11.6 Å². The number of nitrogens with zero attached hydrogens (tertiary/aromatic N) is 3. The minimum Gasteiger partial charge on any atom is -0.389 e. The van der Waals surface area contributed by atoms with Gasteiger partial charge in [0.1, 0.15) is 5.69 Å². The molecule has 5 N–H and O–H groups in total. The SMILES string of the molecule is CC(C)(O)CN(C(=O)c1[nH]cnc1C(N)=O)C1CCC(C(=O)Nc2cc(N3CCOCC3)ccc2Cl)CC1. The molecule has 2 fully saturated rings. The Labute approximate surface area is 226 Å². The highest BCUT2D eigenvalue weighted by Crippen LogP contribution is 2.33. The number of aromatic amines is 1. The topological polar surface area (TPSA) is 154 Å². The molecule has 206 valence electrons. The second-order valence-corrected chi connectivity index (χ2v) is 10.9. The number of H-pyrrole nitrogens is 1. The third kappa shape index (κ3) is 6.64. The van der Waals surface area contributed by atoms with Gasteiger partial charge < -0.3 is 35.7 Å². The number of imidazole rings is 1. The van der Waals surface area contributed by atoms with Crippen LogP contribution in [0.2, 0.25) is 5.02 Å². The van der Waals surface area contributed by atoms with Crippen molar-refractivity contribution in [3.05, 3.63) is 40.9 Å². The summed E-state index contributed by atoms with van der Waals surface area (Å²) in [5.74, 6) is -1.64. The number of aromatic nitrogens is 2. The smallest absolute Gasteiger partial charge is 0.273 e. The van der Waals surface area contributed by atoms with Crippen LogP contribution in [0.15, 0.2) is 24.5 Å². The quantitative estimate of drug-likeness (QED) is 0.396. The van der Waals surface area contributed by atoms with E-state index in [0.29, 0.717) is 49.6 Å². The summed E-state index contributed by atoms with van der Waals surface area (Å²) in [5, 5.41) is 14.0. The van der Waals surface area contributed by atoms with Crippen molar-refractivity contribution in [2.24, 2.45) is 11.7 Å². The van der Waals surface area contributed by atoms with E-state index in [9.17, 15) is 19.5 Å². The van der Waals surface area contributed by atoms with Crippen LogP contribution in [0.4, 0.5) is 11.4 Å². The van der Waals surface area contributed by atoms with Gasteiger partial charge in [0.2, 0.25) is 5.91 Å². The van der Waals surface area contributed by atoms with E-state index in [1.54, 1.807) is 24.8 Å². The first kappa shape index (κ1) is 27.9. The fourth-order valence-corrected chi connectivity index (χ4v) is 5.25. The fourth-order valence-electron chi connectivity index (χ4n) is 5.08. The van der Waals surface area contributed by atoms with Gasteiger partial charge in [-0.05, 0) is 57.7 Å². The normalized spacial score (nSPS) is 20.2. The molecule has 0 unspecified atom stereocenters. The molecule has 1 saturated carbocycles. The number of morpholine rings is 1. The number of halogens is 1. The second kappa shape index (κ2) is 11.7. The standard InChI is InChI=1S/C26H35ClN6O5/c1-26(2,37)14-33(25(36)22-21(23(28)34)29-15-30-22)17-5-3-16(4-6-17)24(35)31-20-13-18(7-8-19(20)27)32-9-11-38-12-10-32/h7-8,13,15-17,37H,3-6,9-12,14H2,1-2H3,(H2,28,34)(H,29,30)(H,31,35). The van der Waals surface area contributed by atoms with Crippen molar-refractivity contribution in [1.29, 1.82) is 0 Å². The molecule has 1 aliphatic heterocycles. The van der Waals surface area contributed by atoms with Gasteiger partial charge in [-0.25, -0.2) is 4.98 Å². The molecule has 4 rings (SSSR count). The number of rotatable bonds is 8. The van der Waals surface area contributed by atoms with Crippen LogP contribution < -0.4 is 16.0 Å². The van der Waals surface area contributed by atoms with Crippen LogP contribution in [0.3, 0.4) is 0 Å². The first-order valence-electron chi connectivity index (χ1n) is 12.8. The van der Waals surface area contributed by atoms with Gasteiger partial charge in [0.05, 0.1) is 35.9 Å². The van der Waals surface area contributed by atoms with Gasteiger partial charge in [0.25, 0.3) is 11.8 Å². The van der Waals surface area contributed by atoms with E-state index in [2.05, 4.69) is 20.2 Å². The van der Waals surface area contributed by atoms with Crippen molar-refractivity contribution in [1.82, 2.24) is 14.9 Å². The molecular formula is C26H35ClN6O5. The van der Waals surface area contributed by atoms with Gasteiger partial charge in [-0.15, -0.1) is 0 Å². The molecule has 1 aromatic heterocycles. The van der Waals surface area contributed by atoms with Crippen molar-refractivity contribution in [2.75, 3.05) is 43.1 Å². The van der Waals surface area contributed by atoms with E-state index in [-0.39, 0.29) is 35.8 Å². The summed E-state index contributed by atoms with van der Waals surface area (Å²) >= 11 is 6.40. The summed E-state index contributed by atoms with van der Waals surface area (Å²) in [6.07, 6.45) is 3.47. The number of anilines is 2. The Morgan fingerprint density at radius 2 is 1.92 bits per heavy atom. The Balaban J connectivity index is 1.42. The maximum atomic E-state index is 13.4. The highest BCUT2D eigenvalue weighted by molar-refractivity contribution is 6.33. The largest absolute Gasteiger partial charge is 0.389 e. The lowest BCUT2D eigenvalue weighted by atomic mass is 9.84. The van der Waals surface area contributed by atoms with Crippen LogP contribution in [-0.2, 0) is 9.53 Å². The van der Waals surface area contributed by atoms with Gasteiger partial charge >= 0.3 is 0 Å². The Hall–Kier alpha value is -3.15. The second-order valence-electron chi connectivity index (χ2n) is 10.5. The van der Waals surface area contributed by atoms with E-state index in [1.165, 1.54) is 6.33 Å². The third-order valence-corrected chi connectivity index (χ3v) is 7.33. The van der Waals surface area contributed by atoms with E-state index in [0.717, 1.165) is 18.8 Å². The molecule has 2 aromatic rings. The highest BCUT2D eigenvalue weighted by atomic mass is 35.5. The summed E-state index contributed by atoms with van der Waals surface area (Å²) < 4.78 is 5.42. The van der Waals surface area contributed by atoms with E-state index in [1.807, 2.05) is 12.1 Å². The first-order valence-corrected chi connectivity index (χ1v) is 13.2. The number of carbonyl (C=O) groups is 3. The maximum absolute atomic E-state index is 13.4. The number of hydrogen-bond donors (Lipinski definition) is 4. The Bertz CT molecular complexity index is 1170. The molecule has 1 aliphatic carbocycles. The van der Waals surface area contributed by atoms with Gasteiger partial charge in [0, 0.05) is 37.3 Å². The van der Waals surface area contributed by atoms with Crippen molar-refractivity contribution in [3.63, 3.8) is 0 Å². The lowest BCUT2D eigenvalue weighted by molar-refractivity contribution is -0.121. The highest BCUT2D eigenvalue weighted by Gasteiger charge is 2.36. The van der Waals surface area contributed by atoms with Crippen LogP contribution in [-0.4, -0.2) is 82.2 Å². The number of hydrogen-bond acceptors (Lipinski definition) is 7. The number of ether oxygens (including phenoxy) is 1. The Morgan fingerprint density at radius 3 is 2.55 bits per heavy atom. The zero-order valence-electron chi connectivity index (χ0n) is 21.7. The number of amides is 3. The predicted molar refractivity (Wildman–Crippen MR) is 143 cm³/mol. The molecule has 2 heterocycles. The summed E-state index contributed by atoms with van der Waals surface area (Å²) in [7, 11) is 0. The Kier molecular flexibility index (Phi) is 8.59. The van der Waals surface area contributed by atoms with Crippen molar-refractivity contribution in [3.8, 4) is 0 Å². The predicted octanol–water partition coefficient (Wildman–Crippen LogP) is 2.41. The molecule has 38 heavy (non-hydrogen) atoms. The minimum absolute atomic E-state index is 0.00333. The first-order chi connectivity index (χ1) is 18.0. The lowest BCUT2D eigenvalue weighted by Gasteiger charge is -2.39. The number of nitrogens with two attached hydrogens (primary N) is 1. The molecule has 11 nitrogen and oxygen atoms in total. The van der Waals surface area contributed by atoms with Gasteiger partial charge in [0.15, 0.2) is 5.69 Å². The molecule has 12 heteroatoms. The number of benzene rings is 1. The third-order valence-electron chi connectivity index (χ3n) is 7.00. The summed E-state index contributed by atoms with van der Waals surface area (Å²) in [6.45, 7) is 6.15. The number of primary amides is 1. The zero-order valence-corrected chi connectivity index (χ0v) is 22.5. The molecule has 0 spiro atoms. The van der Waals surface area contributed by atoms with E-state index in [4.69, 9.17) is 22.1 Å². The number of nitrogens with one attached hydrogen (secondary N) is 2. The fraction of sp³-hybridized carbons (Fsp3) is 0.538. The van der Waals surface area contributed by atoms with E-state index < -0.39 is 17.4 Å². The van der Waals surface area contributed by atoms with E-state index >= 15 is 0 Å². The van der Waals surface area contributed by atoms with Gasteiger partial charge in [-0.1, -0.05) is 11.6 Å². The molecule has 1 aromatic carbocycles. The average molecular weight is 547 g/mol. The van der Waals surface area contributed by atoms with Crippen LogP contribution in [0, 0.1) is 5.92 Å². The molecule has 0 radical (unpaired) electrons. The maximum Gasteiger partial charge on any atom is 0.273 e. The number of carbonyl (C=O) groups excluding carboxylic acids is 3. The van der Waals surface area contributed by atoms with Crippen LogP contribution in [0.5, 0.6) is 0 Å². The Morgan fingerprint density at radius 1 is 1.24 bits per heavy atom. The van der Waals surface area contributed by atoms with Crippen LogP contribution in [0.1, 0.15) is 60.5 Å². The van der Waals surface area contributed by atoms with Crippen molar-refractivity contribution < 1.29 is 24.2 Å². The van der Waals surface area contributed by atoms with Crippen molar-refractivity contribution in [2.45, 2.75) is 51.2 Å². The zero-order chi connectivity index (χ0) is 27.4. The van der Waals surface area contributed by atoms with Crippen LogP contribution in [0.25, 0.3) is 0 Å². The summed E-state index contributed by atoms with van der Waals surface area (Å²) in [4.78, 5) is 48.6. The number of aliphatic hydroxyl groups is 1. The van der Waals surface area contributed by atoms with Crippen molar-refractivity contribution >= 4 is 40.7 Å². The molecule has 1 saturated heterocycles. The average Bonchev–Trinajstić information content (AvgIpc) is 3.39. The molecule has 2 aliphatic rings. The van der Waals surface area contributed by atoms with Gasteiger partial charge in [-0.3, -0.25) is 14.4 Å². The lowest BCUT2D eigenvalue weighted by Crippen LogP contribution is -2.50. The molecule has 0 bridgehead atoms. The molecular weight excluding hydrogens is 512 g/mol. The monoisotopic (exact) mass is 546 g/mol. The summed E-state index contributed by atoms with van der Waals surface area (Å²) in [5.41, 5.74) is 5.61. The molecule has 0 atom stereocenters. The summed E-state index contributed by atoms with van der Waals surface area (Å²) in [6, 6.07) is 5.39. The molecule has 3 amide bonds. The minimum atomic E-state index is -1.17. The van der Waals surface area contributed by atoms with Gasteiger partial charge in [-0.2, -0.15) is 0 Å².